The van der Waals surface area contributed by atoms with Crippen molar-refractivity contribution in [2.24, 2.45) is 0 Å². The summed E-state index contributed by atoms with van der Waals surface area (Å²) in [5.74, 6) is 0.357. The molecule has 0 unspecified atom stereocenters. The number of halogens is 4. The Labute approximate surface area is 152 Å². The Morgan fingerprint density at radius 3 is 2.27 bits per heavy atom. The molecule has 4 nitrogen and oxygen atoms in total. The van der Waals surface area contributed by atoms with Crippen LogP contribution in [0.4, 0.5) is 13.2 Å². The SMILES string of the molecule is Cc1nc(-c2ccc(C(F)(F)F)cc2C)c2ccc(S(=O)(=O)Cl)cc2n1. The fourth-order valence-electron chi connectivity index (χ4n) is 2.69. The van der Waals surface area contributed by atoms with Crippen molar-refractivity contribution in [3.8, 4) is 11.3 Å². The van der Waals surface area contributed by atoms with Crippen LogP contribution in [-0.2, 0) is 15.2 Å². The Hall–Kier alpha value is -2.19. The molecule has 0 bridgehead atoms. The molecule has 0 saturated carbocycles. The van der Waals surface area contributed by atoms with Gasteiger partial charge in [-0.05, 0) is 49.7 Å². The molecule has 0 aliphatic carbocycles. The van der Waals surface area contributed by atoms with E-state index in [1.807, 2.05) is 0 Å². The van der Waals surface area contributed by atoms with Crippen LogP contribution in [-0.4, -0.2) is 18.4 Å². The Morgan fingerprint density at radius 1 is 1.00 bits per heavy atom. The molecule has 0 amide bonds. The van der Waals surface area contributed by atoms with E-state index in [0.29, 0.717) is 33.5 Å². The molecular formula is C17H12ClF3N2O2S. The maximum absolute atomic E-state index is 12.9. The first-order valence-corrected chi connectivity index (χ1v) is 9.69. The lowest BCUT2D eigenvalue weighted by atomic mass is 9.99. The molecule has 26 heavy (non-hydrogen) atoms. The van der Waals surface area contributed by atoms with E-state index >= 15 is 0 Å². The molecular weight excluding hydrogens is 389 g/mol. The van der Waals surface area contributed by atoms with Crippen molar-refractivity contribution in [3.05, 3.63) is 53.3 Å². The Kier molecular flexibility index (Phi) is 4.44. The molecule has 0 aliphatic heterocycles. The summed E-state index contributed by atoms with van der Waals surface area (Å²) in [6.07, 6.45) is -4.43. The van der Waals surface area contributed by atoms with E-state index in [-0.39, 0.29) is 4.90 Å². The van der Waals surface area contributed by atoms with Crippen LogP contribution < -0.4 is 0 Å². The van der Waals surface area contributed by atoms with Crippen LogP contribution in [0.1, 0.15) is 17.0 Å². The minimum atomic E-state index is -4.43. The van der Waals surface area contributed by atoms with Gasteiger partial charge in [-0.15, -0.1) is 0 Å². The van der Waals surface area contributed by atoms with Crippen molar-refractivity contribution < 1.29 is 21.6 Å². The maximum Gasteiger partial charge on any atom is 0.416 e. The third kappa shape index (κ3) is 3.52. The highest BCUT2D eigenvalue weighted by Gasteiger charge is 2.30. The second kappa shape index (κ2) is 6.21. The number of nitrogens with zero attached hydrogens (tertiary/aromatic N) is 2. The largest absolute Gasteiger partial charge is 0.416 e. The van der Waals surface area contributed by atoms with Gasteiger partial charge in [-0.1, -0.05) is 6.07 Å². The number of benzene rings is 2. The average molecular weight is 401 g/mol. The number of alkyl halides is 3. The minimum absolute atomic E-state index is 0.111. The highest BCUT2D eigenvalue weighted by molar-refractivity contribution is 8.13. The summed E-state index contributed by atoms with van der Waals surface area (Å²) in [6.45, 7) is 3.18. The Morgan fingerprint density at radius 2 is 1.69 bits per heavy atom. The van der Waals surface area contributed by atoms with Gasteiger partial charge >= 0.3 is 6.18 Å². The molecule has 0 saturated heterocycles. The fraction of sp³-hybridized carbons (Fsp3) is 0.176. The molecule has 0 fully saturated rings. The first-order valence-electron chi connectivity index (χ1n) is 7.38. The van der Waals surface area contributed by atoms with Crippen LogP contribution in [0, 0.1) is 13.8 Å². The van der Waals surface area contributed by atoms with Crippen molar-refractivity contribution in [2.45, 2.75) is 24.9 Å². The summed E-state index contributed by atoms with van der Waals surface area (Å²) in [5, 5.41) is 0.516. The van der Waals surface area contributed by atoms with Crippen LogP contribution in [0.15, 0.2) is 41.3 Å². The van der Waals surface area contributed by atoms with Gasteiger partial charge in [-0.3, -0.25) is 0 Å². The van der Waals surface area contributed by atoms with Crippen molar-refractivity contribution in [2.75, 3.05) is 0 Å². The van der Waals surface area contributed by atoms with Crippen molar-refractivity contribution >= 4 is 30.6 Å². The molecule has 0 radical (unpaired) electrons. The zero-order chi connectivity index (χ0) is 19.3. The molecule has 3 rings (SSSR count). The van der Waals surface area contributed by atoms with Gasteiger partial charge in [0, 0.05) is 21.6 Å². The minimum Gasteiger partial charge on any atom is -0.233 e. The van der Waals surface area contributed by atoms with E-state index in [2.05, 4.69) is 9.97 Å². The molecule has 2 aromatic carbocycles. The van der Waals surface area contributed by atoms with Gasteiger partial charge in [-0.2, -0.15) is 13.2 Å². The number of aromatic nitrogens is 2. The Bertz CT molecular complexity index is 1130. The van der Waals surface area contributed by atoms with Crippen LogP contribution in [0.5, 0.6) is 0 Å². The topological polar surface area (TPSA) is 59.9 Å². The quantitative estimate of drug-likeness (QED) is 0.576. The first-order chi connectivity index (χ1) is 12.0. The van der Waals surface area contributed by atoms with Gasteiger partial charge in [0.05, 0.1) is 21.7 Å². The lowest BCUT2D eigenvalue weighted by molar-refractivity contribution is -0.137. The third-order valence-corrected chi connectivity index (χ3v) is 5.22. The zero-order valence-electron chi connectivity index (χ0n) is 13.6. The second-order valence-electron chi connectivity index (χ2n) is 5.76. The molecule has 0 atom stereocenters. The van der Waals surface area contributed by atoms with Crippen molar-refractivity contribution in [1.29, 1.82) is 0 Å². The molecule has 3 aromatic rings. The fourth-order valence-corrected chi connectivity index (χ4v) is 3.46. The van der Waals surface area contributed by atoms with E-state index in [4.69, 9.17) is 10.7 Å². The summed E-state index contributed by atoms with van der Waals surface area (Å²) >= 11 is 0. The number of rotatable bonds is 2. The van der Waals surface area contributed by atoms with Gasteiger partial charge in [-0.25, -0.2) is 18.4 Å². The van der Waals surface area contributed by atoms with E-state index in [9.17, 15) is 21.6 Å². The predicted octanol–water partition coefficient (Wildman–Crippen LogP) is 4.86. The van der Waals surface area contributed by atoms with Gasteiger partial charge in [0.1, 0.15) is 5.82 Å². The maximum atomic E-state index is 12.9. The molecule has 136 valence electrons. The van der Waals surface area contributed by atoms with Crippen molar-refractivity contribution in [1.82, 2.24) is 9.97 Å². The van der Waals surface area contributed by atoms with Gasteiger partial charge in [0.15, 0.2) is 0 Å². The van der Waals surface area contributed by atoms with E-state index < -0.39 is 20.8 Å². The van der Waals surface area contributed by atoms with Crippen LogP contribution in [0.25, 0.3) is 22.2 Å². The van der Waals surface area contributed by atoms with Gasteiger partial charge < -0.3 is 0 Å². The lowest BCUT2D eigenvalue weighted by Gasteiger charge is -2.13. The number of hydrogen-bond donors (Lipinski definition) is 0. The van der Waals surface area contributed by atoms with E-state index in [0.717, 1.165) is 12.1 Å². The Balaban J connectivity index is 2.26. The molecule has 0 N–H and O–H groups in total. The summed E-state index contributed by atoms with van der Waals surface area (Å²) < 4.78 is 61.7. The van der Waals surface area contributed by atoms with Gasteiger partial charge in [0.25, 0.3) is 9.05 Å². The molecule has 1 heterocycles. The summed E-state index contributed by atoms with van der Waals surface area (Å²) in [6, 6.07) is 7.52. The normalized spacial score (nSPS) is 12.5. The number of hydrogen-bond acceptors (Lipinski definition) is 4. The van der Waals surface area contributed by atoms with E-state index in [1.165, 1.54) is 24.3 Å². The second-order valence-corrected chi connectivity index (χ2v) is 8.33. The number of fused-ring (bicyclic) bond motifs is 1. The third-order valence-electron chi connectivity index (χ3n) is 3.87. The molecule has 0 aliphatic rings. The highest BCUT2D eigenvalue weighted by atomic mass is 35.7. The van der Waals surface area contributed by atoms with Crippen molar-refractivity contribution in [3.63, 3.8) is 0 Å². The average Bonchev–Trinajstić information content (AvgIpc) is 2.51. The van der Waals surface area contributed by atoms with Crippen LogP contribution in [0.3, 0.4) is 0 Å². The monoisotopic (exact) mass is 400 g/mol. The predicted molar refractivity (Wildman–Crippen MR) is 92.5 cm³/mol. The summed E-state index contributed by atoms with van der Waals surface area (Å²) in [5.41, 5.74) is 0.929. The lowest BCUT2D eigenvalue weighted by Crippen LogP contribution is -2.05. The van der Waals surface area contributed by atoms with Gasteiger partial charge in [0.2, 0.25) is 0 Å². The molecule has 0 spiro atoms. The molecule has 9 heteroatoms. The van der Waals surface area contributed by atoms with Crippen LogP contribution in [0.2, 0.25) is 0 Å². The number of aryl methyl sites for hydroxylation is 2. The van der Waals surface area contributed by atoms with Crippen LogP contribution >= 0.6 is 10.7 Å². The first kappa shape index (κ1) is 18.6. The highest BCUT2D eigenvalue weighted by Crippen LogP contribution is 2.35. The summed E-state index contributed by atoms with van der Waals surface area (Å²) in [4.78, 5) is 8.44. The smallest absolute Gasteiger partial charge is 0.233 e. The van der Waals surface area contributed by atoms with E-state index in [1.54, 1.807) is 13.8 Å². The summed E-state index contributed by atoms with van der Waals surface area (Å²) in [7, 11) is 1.44. The molecule has 1 aromatic heterocycles. The standard InChI is InChI=1S/C17H12ClF3N2O2S/c1-9-7-11(17(19,20)21)3-5-13(9)16-14-6-4-12(26(18,24)25)8-15(14)22-10(2)23-16/h3-8H,1-2H3. The zero-order valence-corrected chi connectivity index (χ0v) is 15.2.